The molecule has 0 spiro atoms. The second kappa shape index (κ2) is 7.28. The number of aryl methyl sites for hydroxylation is 1. The van der Waals surface area contributed by atoms with Crippen molar-refractivity contribution in [2.45, 2.75) is 12.8 Å². The summed E-state index contributed by atoms with van der Waals surface area (Å²) in [7, 11) is 1.43. The van der Waals surface area contributed by atoms with Crippen molar-refractivity contribution < 1.29 is 9.66 Å². The van der Waals surface area contributed by atoms with E-state index < -0.39 is 4.92 Å². The average molecular weight is 286 g/mol. The highest BCUT2D eigenvalue weighted by molar-refractivity contribution is 5.58. The first-order valence-electron chi connectivity index (χ1n) is 6.81. The van der Waals surface area contributed by atoms with Crippen molar-refractivity contribution >= 4 is 11.4 Å². The summed E-state index contributed by atoms with van der Waals surface area (Å²) in [5.74, 6) is 0.273. The number of rotatable bonds is 7. The standard InChI is InChI=1S/C16H18N2O3/c1-21-16-10-9-14(12-15(16)18(19)20)17-11-5-8-13-6-3-2-4-7-13/h2-4,6-7,9-10,12,17H,5,8,11H2,1H3. The lowest BCUT2D eigenvalue weighted by Gasteiger charge is -2.08. The molecule has 0 atom stereocenters. The Labute approximate surface area is 123 Å². The number of methoxy groups -OCH3 is 1. The largest absolute Gasteiger partial charge is 0.490 e. The van der Waals surface area contributed by atoms with Gasteiger partial charge in [-0.15, -0.1) is 0 Å². The quantitative estimate of drug-likeness (QED) is 0.479. The fraction of sp³-hybridized carbons (Fsp3) is 0.250. The maximum absolute atomic E-state index is 10.9. The second-order valence-corrected chi connectivity index (χ2v) is 4.66. The lowest BCUT2D eigenvalue weighted by atomic mass is 10.1. The van der Waals surface area contributed by atoms with Crippen LogP contribution in [0.2, 0.25) is 0 Å². The Balaban J connectivity index is 1.88. The van der Waals surface area contributed by atoms with E-state index in [1.807, 2.05) is 18.2 Å². The number of nitro groups is 1. The third-order valence-corrected chi connectivity index (χ3v) is 3.19. The van der Waals surface area contributed by atoms with Crippen LogP contribution in [0.4, 0.5) is 11.4 Å². The van der Waals surface area contributed by atoms with Gasteiger partial charge in [0.1, 0.15) is 0 Å². The SMILES string of the molecule is COc1ccc(NCCCc2ccccc2)cc1[N+](=O)[O-]. The summed E-state index contributed by atoms with van der Waals surface area (Å²) in [5, 5.41) is 14.1. The van der Waals surface area contributed by atoms with Crippen LogP contribution in [0, 0.1) is 10.1 Å². The third-order valence-electron chi connectivity index (χ3n) is 3.19. The molecule has 110 valence electrons. The molecule has 0 saturated carbocycles. The molecule has 2 rings (SSSR count). The molecule has 0 saturated heterocycles. The first-order chi connectivity index (χ1) is 10.2. The topological polar surface area (TPSA) is 64.4 Å². The molecule has 1 N–H and O–H groups in total. The zero-order valence-corrected chi connectivity index (χ0v) is 11.9. The lowest BCUT2D eigenvalue weighted by Crippen LogP contribution is -2.04. The van der Waals surface area contributed by atoms with E-state index in [0.29, 0.717) is 0 Å². The zero-order chi connectivity index (χ0) is 15.1. The lowest BCUT2D eigenvalue weighted by molar-refractivity contribution is -0.385. The molecule has 0 heterocycles. The van der Waals surface area contributed by atoms with Crippen LogP contribution in [0.1, 0.15) is 12.0 Å². The highest BCUT2D eigenvalue weighted by Gasteiger charge is 2.14. The highest BCUT2D eigenvalue weighted by atomic mass is 16.6. The minimum atomic E-state index is -0.437. The van der Waals surface area contributed by atoms with E-state index in [-0.39, 0.29) is 11.4 Å². The van der Waals surface area contributed by atoms with Gasteiger partial charge < -0.3 is 10.1 Å². The molecular formula is C16H18N2O3. The van der Waals surface area contributed by atoms with E-state index in [9.17, 15) is 10.1 Å². The summed E-state index contributed by atoms with van der Waals surface area (Å²) in [6.07, 6.45) is 1.94. The van der Waals surface area contributed by atoms with Crippen molar-refractivity contribution in [3.63, 3.8) is 0 Å². The van der Waals surface area contributed by atoms with Crippen molar-refractivity contribution in [3.8, 4) is 5.75 Å². The predicted octanol–water partition coefficient (Wildman–Crippen LogP) is 3.65. The zero-order valence-electron chi connectivity index (χ0n) is 11.9. The molecule has 0 unspecified atom stereocenters. The molecule has 0 aliphatic rings. The molecular weight excluding hydrogens is 268 g/mol. The van der Waals surface area contributed by atoms with Crippen molar-refractivity contribution in [3.05, 3.63) is 64.2 Å². The number of nitro benzene ring substituents is 1. The summed E-state index contributed by atoms with van der Waals surface area (Å²) in [6.45, 7) is 0.762. The fourth-order valence-electron chi connectivity index (χ4n) is 2.11. The highest BCUT2D eigenvalue weighted by Crippen LogP contribution is 2.29. The van der Waals surface area contributed by atoms with Gasteiger partial charge in [0.2, 0.25) is 0 Å². The molecule has 0 fully saturated rings. The van der Waals surface area contributed by atoms with Crippen LogP contribution in [0.3, 0.4) is 0 Å². The summed E-state index contributed by atoms with van der Waals surface area (Å²) >= 11 is 0. The maximum atomic E-state index is 10.9. The molecule has 0 radical (unpaired) electrons. The molecule has 2 aromatic carbocycles. The van der Waals surface area contributed by atoms with Crippen molar-refractivity contribution in [1.82, 2.24) is 0 Å². The third kappa shape index (κ3) is 4.21. The average Bonchev–Trinajstić information content (AvgIpc) is 2.52. The fourth-order valence-corrected chi connectivity index (χ4v) is 2.11. The Morgan fingerprint density at radius 2 is 1.95 bits per heavy atom. The molecule has 0 amide bonds. The van der Waals surface area contributed by atoms with Gasteiger partial charge >= 0.3 is 5.69 Å². The van der Waals surface area contributed by atoms with Crippen LogP contribution in [0.15, 0.2) is 48.5 Å². The summed E-state index contributed by atoms with van der Waals surface area (Å²) in [5.41, 5.74) is 2.00. The Morgan fingerprint density at radius 3 is 2.62 bits per heavy atom. The number of nitrogens with one attached hydrogen (secondary N) is 1. The van der Waals surface area contributed by atoms with Gasteiger partial charge in [0.05, 0.1) is 12.0 Å². The molecule has 2 aromatic rings. The van der Waals surface area contributed by atoms with Crippen LogP contribution < -0.4 is 10.1 Å². The molecule has 5 heteroatoms. The van der Waals surface area contributed by atoms with Crippen molar-refractivity contribution in [2.24, 2.45) is 0 Å². The summed E-state index contributed by atoms with van der Waals surface area (Å²) < 4.78 is 4.98. The first-order valence-corrected chi connectivity index (χ1v) is 6.81. The summed E-state index contributed by atoms with van der Waals surface area (Å²) in [6, 6.07) is 15.1. The number of hydrogen-bond acceptors (Lipinski definition) is 4. The van der Waals surface area contributed by atoms with E-state index in [1.165, 1.54) is 18.7 Å². The van der Waals surface area contributed by atoms with Crippen LogP contribution in [0.25, 0.3) is 0 Å². The van der Waals surface area contributed by atoms with Gasteiger partial charge in [-0.1, -0.05) is 30.3 Å². The molecule has 0 aliphatic carbocycles. The summed E-state index contributed by atoms with van der Waals surface area (Å²) in [4.78, 5) is 10.5. The van der Waals surface area contributed by atoms with Gasteiger partial charge in [0.15, 0.2) is 5.75 Å². The predicted molar refractivity (Wildman–Crippen MR) is 82.9 cm³/mol. The van der Waals surface area contributed by atoms with E-state index in [1.54, 1.807) is 12.1 Å². The van der Waals surface area contributed by atoms with E-state index in [0.717, 1.165) is 25.1 Å². The molecule has 0 aromatic heterocycles. The van der Waals surface area contributed by atoms with Gasteiger partial charge in [-0.2, -0.15) is 0 Å². The van der Waals surface area contributed by atoms with Crippen molar-refractivity contribution in [2.75, 3.05) is 19.0 Å². The van der Waals surface area contributed by atoms with Gasteiger partial charge in [-0.05, 0) is 30.5 Å². The van der Waals surface area contributed by atoms with E-state index >= 15 is 0 Å². The monoisotopic (exact) mass is 286 g/mol. The maximum Gasteiger partial charge on any atom is 0.312 e. The normalized spacial score (nSPS) is 10.1. The number of ether oxygens (including phenoxy) is 1. The molecule has 0 bridgehead atoms. The molecule has 0 aliphatic heterocycles. The van der Waals surface area contributed by atoms with Gasteiger partial charge in [-0.3, -0.25) is 10.1 Å². The number of anilines is 1. The number of hydrogen-bond donors (Lipinski definition) is 1. The Bertz CT molecular complexity index is 600. The Kier molecular flexibility index (Phi) is 5.15. The van der Waals surface area contributed by atoms with Gasteiger partial charge in [0.25, 0.3) is 0 Å². The smallest absolute Gasteiger partial charge is 0.312 e. The minimum Gasteiger partial charge on any atom is -0.490 e. The number of benzene rings is 2. The van der Waals surface area contributed by atoms with E-state index in [2.05, 4.69) is 17.4 Å². The van der Waals surface area contributed by atoms with Crippen LogP contribution >= 0.6 is 0 Å². The molecule has 5 nitrogen and oxygen atoms in total. The van der Waals surface area contributed by atoms with Crippen LogP contribution in [0.5, 0.6) is 5.75 Å². The van der Waals surface area contributed by atoms with Crippen LogP contribution in [-0.4, -0.2) is 18.6 Å². The minimum absolute atomic E-state index is 0.0226. The molecule has 21 heavy (non-hydrogen) atoms. The second-order valence-electron chi connectivity index (χ2n) is 4.66. The van der Waals surface area contributed by atoms with Gasteiger partial charge in [-0.25, -0.2) is 0 Å². The Morgan fingerprint density at radius 1 is 1.19 bits per heavy atom. The van der Waals surface area contributed by atoms with Crippen molar-refractivity contribution in [1.29, 1.82) is 0 Å². The van der Waals surface area contributed by atoms with Crippen LogP contribution in [-0.2, 0) is 6.42 Å². The van der Waals surface area contributed by atoms with Gasteiger partial charge in [0, 0.05) is 18.3 Å². The first kappa shape index (κ1) is 14.8. The Hall–Kier alpha value is -2.56. The van der Waals surface area contributed by atoms with E-state index in [4.69, 9.17) is 4.74 Å². The number of nitrogens with zero attached hydrogens (tertiary/aromatic N) is 1.